The highest BCUT2D eigenvalue weighted by Crippen LogP contribution is 2.30. The van der Waals surface area contributed by atoms with E-state index in [9.17, 15) is 18.5 Å². The van der Waals surface area contributed by atoms with Crippen LogP contribution in [-0.2, 0) is 10.0 Å². The molecule has 0 bridgehead atoms. The third-order valence-corrected chi connectivity index (χ3v) is 4.50. The molecule has 2 N–H and O–H groups in total. The van der Waals surface area contributed by atoms with Crippen LogP contribution < -0.4 is 10.0 Å². The fraction of sp³-hybridized carbons (Fsp3) is 0.231. The third kappa shape index (κ3) is 3.26. The van der Waals surface area contributed by atoms with Gasteiger partial charge in [-0.15, -0.1) is 0 Å². The molecule has 0 aliphatic carbocycles. The molecule has 0 spiro atoms. The summed E-state index contributed by atoms with van der Waals surface area (Å²) in [7, 11) is -2.50. The molecule has 118 valence electrons. The number of rotatable bonds is 6. The maximum atomic E-state index is 11.7. The highest BCUT2D eigenvalue weighted by molar-refractivity contribution is 7.89. The van der Waals surface area contributed by atoms with Crippen molar-refractivity contribution in [2.45, 2.75) is 17.9 Å². The molecule has 0 amide bonds. The Labute approximate surface area is 127 Å². The summed E-state index contributed by atoms with van der Waals surface area (Å²) in [6, 6.07) is 6.83. The minimum atomic E-state index is -3.74. The number of nitro benzene ring substituents is 1. The lowest BCUT2D eigenvalue weighted by Crippen LogP contribution is -2.19. The van der Waals surface area contributed by atoms with Crippen LogP contribution in [-0.4, -0.2) is 20.4 Å². The van der Waals surface area contributed by atoms with Crippen LogP contribution >= 0.6 is 0 Å². The van der Waals surface area contributed by atoms with Gasteiger partial charge in [0.25, 0.3) is 5.69 Å². The Bertz CT molecular complexity index is 771. The zero-order valence-corrected chi connectivity index (χ0v) is 12.8. The van der Waals surface area contributed by atoms with Crippen LogP contribution in [0.5, 0.6) is 0 Å². The topological polar surface area (TPSA) is 114 Å². The summed E-state index contributed by atoms with van der Waals surface area (Å²) in [6.07, 6.45) is 1.50. The Kier molecular flexibility index (Phi) is 4.48. The van der Waals surface area contributed by atoms with Gasteiger partial charge in [-0.1, -0.05) is 0 Å². The number of hydrogen-bond donors (Lipinski definition) is 2. The fourth-order valence-corrected chi connectivity index (χ4v) is 2.66. The Hall–Kier alpha value is -2.39. The Morgan fingerprint density at radius 1 is 1.32 bits per heavy atom. The highest BCUT2D eigenvalue weighted by Gasteiger charge is 2.22. The molecule has 0 unspecified atom stereocenters. The Morgan fingerprint density at radius 3 is 2.59 bits per heavy atom. The van der Waals surface area contributed by atoms with Gasteiger partial charge < -0.3 is 9.73 Å². The first-order valence-electron chi connectivity index (χ1n) is 6.37. The van der Waals surface area contributed by atoms with E-state index in [0.29, 0.717) is 5.76 Å². The molecule has 0 saturated heterocycles. The molecule has 0 saturated carbocycles. The van der Waals surface area contributed by atoms with E-state index in [4.69, 9.17) is 4.42 Å². The summed E-state index contributed by atoms with van der Waals surface area (Å²) >= 11 is 0. The van der Waals surface area contributed by atoms with Crippen molar-refractivity contribution in [3.05, 3.63) is 52.5 Å². The monoisotopic (exact) mass is 325 g/mol. The molecule has 1 heterocycles. The number of hydrogen-bond acceptors (Lipinski definition) is 6. The molecule has 0 radical (unpaired) electrons. The summed E-state index contributed by atoms with van der Waals surface area (Å²) in [4.78, 5) is 10.4. The second-order valence-electron chi connectivity index (χ2n) is 4.53. The molecule has 2 rings (SSSR count). The number of nitrogens with one attached hydrogen (secondary N) is 2. The number of furan rings is 1. The molecular formula is C13H15N3O5S. The second-order valence-corrected chi connectivity index (χ2v) is 6.41. The lowest BCUT2D eigenvalue weighted by molar-refractivity contribution is -0.384. The maximum absolute atomic E-state index is 11.7. The summed E-state index contributed by atoms with van der Waals surface area (Å²) in [6.45, 7) is 1.78. The SMILES string of the molecule is CNS(=O)(=O)c1ccc(N[C@@H](C)c2ccco2)c([N+](=O)[O-])c1. The van der Waals surface area contributed by atoms with Gasteiger partial charge in [0.05, 0.1) is 22.1 Å². The molecule has 0 aliphatic heterocycles. The second kappa shape index (κ2) is 6.16. The van der Waals surface area contributed by atoms with Gasteiger partial charge in [0, 0.05) is 6.07 Å². The molecular weight excluding hydrogens is 310 g/mol. The zero-order valence-electron chi connectivity index (χ0n) is 11.9. The van der Waals surface area contributed by atoms with Crippen molar-refractivity contribution in [3.63, 3.8) is 0 Å². The predicted molar refractivity (Wildman–Crippen MR) is 80.1 cm³/mol. The molecule has 22 heavy (non-hydrogen) atoms. The number of nitrogens with zero attached hydrogens (tertiary/aromatic N) is 1. The van der Waals surface area contributed by atoms with Crippen molar-refractivity contribution in [1.29, 1.82) is 0 Å². The first kappa shape index (κ1) is 16.0. The number of anilines is 1. The van der Waals surface area contributed by atoms with Gasteiger partial charge in [-0.2, -0.15) is 0 Å². The van der Waals surface area contributed by atoms with E-state index in [2.05, 4.69) is 10.0 Å². The summed E-state index contributed by atoms with van der Waals surface area (Å²) in [5, 5.41) is 14.1. The van der Waals surface area contributed by atoms with Crippen LogP contribution in [0, 0.1) is 10.1 Å². The Balaban J connectivity index is 2.38. The molecule has 9 heteroatoms. The van der Waals surface area contributed by atoms with Crippen LogP contribution in [0.15, 0.2) is 45.9 Å². The fourth-order valence-electron chi connectivity index (χ4n) is 1.91. The smallest absolute Gasteiger partial charge is 0.293 e. The van der Waals surface area contributed by atoms with E-state index in [1.807, 2.05) is 0 Å². The van der Waals surface area contributed by atoms with Crippen LogP contribution in [0.1, 0.15) is 18.7 Å². The summed E-state index contributed by atoms with van der Waals surface area (Å²) in [5.74, 6) is 0.612. The summed E-state index contributed by atoms with van der Waals surface area (Å²) < 4.78 is 30.8. The number of benzene rings is 1. The zero-order chi connectivity index (χ0) is 16.3. The van der Waals surface area contributed by atoms with E-state index in [1.54, 1.807) is 19.1 Å². The van der Waals surface area contributed by atoms with Gasteiger partial charge in [0.15, 0.2) is 0 Å². The van der Waals surface area contributed by atoms with E-state index >= 15 is 0 Å². The molecule has 1 atom stereocenters. The molecule has 1 aromatic heterocycles. The number of nitro groups is 1. The quantitative estimate of drug-likeness (QED) is 0.622. The van der Waals surface area contributed by atoms with Gasteiger partial charge in [-0.3, -0.25) is 10.1 Å². The predicted octanol–water partition coefficient (Wildman–Crippen LogP) is 2.27. The third-order valence-electron chi connectivity index (χ3n) is 3.09. The highest BCUT2D eigenvalue weighted by atomic mass is 32.2. The minimum Gasteiger partial charge on any atom is -0.467 e. The van der Waals surface area contributed by atoms with Gasteiger partial charge in [-0.05, 0) is 38.2 Å². The van der Waals surface area contributed by atoms with Crippen LogP contribution in [0.3, 0.4) is 0 Å². The minimum absolute atomic E-state index is 0.169. The first-order chi connectivity index (χ1) is 10.3. The molecule has 2 aromatic rings. The van der Waals surface area contributed by atoms with Crippen molar-refractivity contribution in [1.82, 2.24) is 4.72 Å². The molecule has 0 aliphatic rings. The van der Waals surface area contributed by atoms with Crippen molar-refractivity contribution < 1.29 is 17.8 Å². The van der Waals surface area contributed by atoms with Crippen molar-refractivity contribution >= 4 is 21.4 Å². The van der Waals surface area contributed by atoms with Crippen molar-refractivity contribution in [2.24, 2.45) is 0 Å². The van der Waals surface area contributed by atoms with Crippen LogP contribution in [0.4, 0.5) is 11.4 Å². The van der Waals surface area contributed by atoms with Crippen molar-refractivity contribution in [2.75, 3.05) is 12.4 Å². The van der Waals surface area contributed by atoms with Gasteiger partial charge in [0.2, 0.25) is 10.0 Å². The lowest BCUT2D eigenvalue weighted by atomic mass is 10.2. The molecule has 1 aromatic carbocycles. The molecule has 8 nitrogen and oxygen atoms in total. The average Bonchev–Trinajstić information content (AvgIpc) is 3.01. The largest absolute Gasteiger partial charge is 0.467 e. The molecule has 0 fully saturated rings. The van der Waals surface area contributed by atoms with E-state index in [1.165, 1.54) is 25.4 Å². The number of sulfonamides is 1. The Morgan fingerprint density at radius 2 is 2.05 bits per heavy atom. The lowest BCUT2D eigenvalue weighted by Gasteiger charge is -2.13. The van der Waals surface area contributed by atoms with E-state index in [-0.39, 0.29) is 22.3 Å². The summed E-state index contributed by atoms with van der Waals surface area (Å²) in [5.41, 5.74) is -0.112. The van der Waals surface area contributed by atoms with Crippen molar-refractivity contribution in [3.8, 4) is 0 Å². The first-order valence-corrected chi connectivity index (χ1v) is 7.85. The van der Waals surface area contributed by atoms with Crippen LogP contribution in [0.2, 0.25) is 0 Å². The standard InChI is InChI=1S/C13H15N3O5S/c1-9(13-4-3-7-21-13)15-11-6-5-10(22(19,20)14-2)8-12(11)16(17)18/h3-9,14-15H,1-2H3/t9-/m0/s1. The van der Waals surface area contributed by atoms with Gasteiger partial charge in [-0.25, -0.2) is 13.1 Å². The van der Waals surface area contributed by atoms with E-state index < -0.39 is 14.9 Å². The van der Waals surface area contributed by atoms with E-state index in [0.717, 1.165) is 6.07 Å². The maximum Gasteiger partial charge on any atom is 0.293 e. The van der Waals surface area contributed by atoms with Gasteiger partial charge >= 0.3 is 0 Å². The average molecular weight is 325 g/mol. The van der Waals surface area contributed by atoms with Crippen LogP contribution in [0.25, 0.3) is 0 Å². The van der Waals surface area contributed by atoms with Gasteiger partial charge in [0.1, 0.15) is 11.4 Å². The normalized spacial score (nSPS) is 12.8.